The highest BCUT2D eigenvalue weighted by Gasteiger charge is 2.13. The molecule has 1 unspecified atom stereocenters. The molecule has 0 radical (unpaired) electrons. The van der Waals surface area contributed by atoms with Gasteiger partial charge in [-0.3, -0.25) is 0 Å². The van der Waals surface area contributed by atoms with E-state index in [1.807, 2.05) is 12.1 Å². The van der Waals surface area contributed by atoms with E-state index >= 15 is 0 Å². The molecule has 0 aliphatic carbocycles. The Bertz CT molecular complexity index is 576. The third kappa shape index (κ3) is 3.82. The number of hydrogen-bond donors (Lipinski definition) is 1. The van der Waals surface area contributed by atoms with E-state index in [1.165, 1.54) is 30.9 Å². The van der Waals surface area contributed by atoms with Crippen LogP contribution >= 0.6 is 0 Å². The van der Waals surface area contributed by atoms with Gasteiger partial charge in [-0.15, -0.1) is 0 Å². The summed E-state index contributed by atoms with van der Waals surface area (Å²) in [5, 5.41) is 3.51. The van der Waals surface area contributed by atoms with Crippen molar-refractivity contribution in [3.63, 3.8) is 0 Å². The van der Waals surface area contributed by atoms with Crippen molar-refractivity contribution in [2.45, 2.75) is 31.7 Å². The van der Waals surface area contributed by atoms with Crippen molar-refractivity contribution < 1.29 is 9.13 Å². The SMILES string of the molecule is Fc1ccccc1Oc1ccc(CCC2CCCN2)cc1. The van der Waals surface area contributed by atoms with Crippen molar-refractivity contribution in [2.24, 2.45) is 0 Å². The predicted molar refractivity (Wildman–Crippen MR) is 82.3 cm³/mol. The average Bonchev–Trinajstić information content (AvgIpc) is 3.02. The Morgan fingerprint density at radius 3 is 2.62 bits per heavy atom. The first-order valence-corrected chi connectivity index (χ1v) is 7.56. The quantitative estimate of drug-likeness (QED) is 0.884. The molecule has 1 aliphatic heterocycles. The summed E-state index contributed by atoms with van der Waals surface area (Å²) in [7, 11) is 0. The highest BCUT2D eigenvalue weighted by Crippen LogP contribution is 2.24. The maximum Gasteiger partial charge on any atom is 0.165 e. The molecular weight excluding hydrogens is 265 g/mol. The van der Waals surface area contributed by atoms with E-state index in [4.69, 9.17) is 4.74 Å². The lowest BCUT2D eigenvalue weighted by Crippen LogP contribution is -2.21. The second-order valence-electron chi connectivity index (χ2n) is 5.51. The molecule has 0 bridgehead atoms. The zero-order valence-corrected chi connectivity index (χ0v) is 12.0. The van der Waals surface area contributed by atoms with E-state index in [0.29, 0.717) is 11.8 Å². The van der Waals surface area contributed by atoms with Crippen LogP contribution in [0, 0.1) is 5.82 Å². The first kappa shape index (κ1) is 14.1. The fourth-order valence-corrected chi connectivity index (χ4v) is 2.72. The van der Waals surface area contributed by atoms with Crippen LogP contribution in [0.25, 0.3) is 0 Å². The molecule has 3 heteroatoms. The van der Waals surface area contributed by atoms with Gasteiger partial charge in [-0.1, -0.05) is 24.3 Å². The van der Waals surface area contributed by atoms with Crippen molar-refractivity contribution in [1.29, 1.82) is 0 Å². The maximum atomic E-state index is 13.5. The number of aryl methyl sites for hydroxylation is 1. The molecule has 3 rings (SSSR count). The van der Waals surface area contributed by atoms with Crippen LogP contribution < -0.4 is 10.1 Å². The number of benzene rings is 2. The minimum absolute atomic E-state index is 0.264. The highest BCUT2D eigenvalue weighted by atomic mass is 19.1. The van der Waals surface area contributed by atoms with E-state index < -0.39 is 0 Å². The van der Waals surface area contributed by atoms with Crippen LogP contribution in [0.4, 0.5) is 4.39 Å². The largest absolute Gasteiger partial charge is 0.454 e. The van der Waals surface area contributed by atoms with Crippen molar-refractivity contribution in [2.75, 3.05) is 6.54 Å². The zero-order valence-electron chi connectivity index (χ0n) is 12.0. The summed E-state index contributed by atoms with van der Waals surface area (Å²) in [6.07, 6.45) is 4.82. The lowest BCUT2D eigenvalue weighted by molar-refractivity contribution is 0.442. The monoisotopic (exact) mass is 285 g/mol. The van der Waals surface area contributed by atoms with Gasteiger partial charge in [-0.05, 0) is 62.1 Å². The highest BCUT2D eigenvalue weighted by molar-refractivity contribution is 5.33. The molecule has 0 amide bonds. The molecule has 1 fully saturated rings. The Morgan fingerprint density at radius 1 is 1.10 bits per heavy atom. The fraction of sp³-hybridized carbons (Fsp3) is 0.333. The van der Waals surface area contributed by atoms with Crippen LogP contribution in [0.2, 0.25) is 0 Å². The zero-order chi connectivity index (χ0) is 14.5. The molecule has 0 spiro atoms. The topological polar surface area (TPSA) is 21.3 Å². The van der Waals surface area contributed by atoms with Gasteiger partial charge in [-0.25, -0.2) is 4.39 Å². The van der Waals surface area contributed by atoms with Gasteiger partial charge in [0.05, 0.1) is 0 Å². The van der Waals surface area contributed by atoms with Crippen molar-refractivity contribution in [3.8, 4) is 11.5 Å². The van der Waals surface area contributed by atoms with Crippen LogP contribution in [0.1, 0.15) is 24.8 Å². The van der Waals surface area contributed by atoms with Crippen LogP contribution in [-0.2, 0) is 6.42 Å². The van der Waals surface area contributed by atoms with Gasteiger partial charge >= 0.3 is 0 Å². The third-order valence-electron chi connectivity index (χ3n) is 3.93. The van der Waals surface area contributed by atoms with Crippen LogP contribution in [0.3, 0.4) is 0 Å². The molecule has 1 saturated heterocycles. The Balaban J connectivity index is 1.57. The van der Waals surface area contributed by atoms with E-state index in [9.17, 15) is 4.39 Å². The molecule has 1 heterocycles. The minimum Gasteiger partial charge on any atom is -0.454 e. The maximum absolute atomic E-state index is 13.5. The van der Waals surface area contributed by atoms with Gasteiger partial charge in [0.2, 0.25) is 0 Å². The molecule has 2 aromatic carbocycles. The van der Waals surface area contributed by atoms with Gasteiger partial charge in [0.1, 0.15) is 5.75 Å². The van der Waals surface area contributed by atoms with Crippen molar-refractivity contribution >= 4 is 0 Å². The van der Waals surface area contributed by atoms with Crippen molar-refractivity contribution in [3.05, 3.63) is 59.9 Å². The Morgan fingerprint density at radius 2 is 1.90 bits per heavy atom. The fourth-order valence-electron chi connectivity index (χ4n) is 2.72. The molecule has 1 N–H and O–H groups in total. The van der Waals surface area contributed by atoms with Gasteiger partial charge in [0.15, 0.2) is 11.6 Å². The smallest absolute Gasteiger partial charge is 0.165 e. The number of hydrogen-bond acceptors (Lipinski definition) is 2. The van der Waals surface area contributed by atoms with E-state index in [0.717, 1.165) is 13.0 Å². The van der Waals surface area contributed by atoms with Gasteiger partial charge in [0, 0.05) is 6.04 Å². The number of halogens is 1. The number of nitrogens with one attached hydrogen (secondary N) is 1. The van der Waals surface area contributed by atoms with Crippen LogP contribution in [0.15, 0.2) is 48.5 Å². The first-order valence-electron chi connectivity index (χ1n) is 7.56. The lowest BCUT2D eigenvalue weighted by Gasteiger charge is -2.10. The molecule has 2 aromatic rings. The van der Waals surface area contributed by atoms with E-state index in [1.54, 1.807) is 18.2 Å². The van der Waals surface area contributed by atoms with E-state index in [-0.39, 0.29) is 11.6 Å². The molecule has 1 atom stereocenters. The summed E-state index contributed by atoms with van der Waals surface area (Å²) in [6, 6.07) is 15.1. The number of ether oxygens (including phenoxy) is 1. The Kier molecular flexibility index (Phi) is 4.51. The third-order valence-corrected chi connectivity index (χ3v) is 3.93. The molecule has 0 aromatic heterocycles. The molecule has 2 nitrogen and oxygen atoms in total. The molecule has 0 saturated carbocycles. The second-order valence-corrected chi connectivity index (χ2v) is 5.51. The summed E-state index contributed by atoms with van der Waals surface area (Å²) >= 11 is 0. The normalized spacial score (nSPS) is 17.9. The molecule has 1 aliphatic rings. The van der Waals surface area contributed by atoms with Gasteiger partial charge in [-0.2, -0.15) is 0 Å². The minimum atomic E-state index is -0.339. The van der Waals surface area contributed by atoms with Gasteiger partial charge in [0.25, 0.3) is 0 Å². The Hall–Kier alpha value is -1.87. The summed E-state index contributed by atoms with van der Waals surface area (Å²) < 4.78 is 19.1. The molecule has 21 heavy (non-hydrogen) atoms. The summed E-state index contributed by atoms with van der Waals surface area (Å²) in [6.45, 7) is 1.15. The summed E-state index contributed by atoms with van der Waals surface area (Å²) in [4.78, 5) is 0. The summed E-state index contributed by atoms with van der Waals surface area (Å²) in [5.41, 5.74) is 1.30. The predicted octanol–water partition coefficient (Wildman–Crippen LogP) is 4.30. The van der Waals surface area contributed by atoms with Crippen LogP contribution in [-0.4, -0.2) is 12.6 Å². The summed E-state index contributed by atoms with van der Waals surface area (Å²) in [5.74, 6) is 0.595. The van der Waals surface area contributed by atoms with Gasteiger partial charge < -0.3 is 10.1 Å². The van der Waals surface area contributed by atoms with Crippen LogP contribution in [0.5, 0.6) is 11.5 Å². The van der Waals surface area contributed by atoms with E-state index in [2.05, 4.69) is 17.4 Å². The second kappa shape index (κ2) is 6.72. The lowest BCUT2D eigenvalue weighted by atomic mass is 10.0. The van der Waals surface area contributed by atoms with Crippen molar-refractivity contribution in [1.82, 2.24) is 5.32 Å². The average molecular weight is 285 g/mol. The number of para-hydroxylation sites is 1. The Labute approximate surface area is 125 Å². The molecular formula is C18H20FNO. The number of rotatable bonds is 5. The molecule has 110 valence electrons. The standard InChI is InChI=1S/C18H20FNO/c19-17-5-1-2-6-18(17)21-16-11-8-14(9-12-16)7-10-15-4-3-13-20-15/h1-2,5-6,8-9,11-12,15,20H,3-4,7,10,13H2. The first-order chi connectivity index (χ1) is 10.3.